The number of hydrogen-bond donors (Lipinski definition) is 0. The number of fused-ring (bicyclic) bond motifs is 1. The van der Waals surface area contributed by atoms with Gasteiger partial charge in [0.1, 0.15) is 6.29 Å². The van der Waals surface area contributed by atoms with Gasteiger partial charge in [-0.25, -0.2) is 0 Å². The van der Waals surface area contributed by atoms with Gasteiger partial charge >= 0.3 is 0 Å². The molecule has 0 N–H and O–H groups in total. The van der Waals surface area contributed by atoms with E-state index in [4.69, 9.17) is 0 Å². The number of carbonyl (C=O) groups is 2. The maximum Gasteiger partial charge on any atom is 0.246 e. The second-order valence-electron chi connectivity index (χ2n) is 2.97. The molecular weight excluding hydrogens is 142 g/mol. The molecule has 2 unspecified atom stereocenters. The minimum atomic E-state index is 0.0395. The van der Waals surface area contributed by atoms with Gasteiger partial charge in [0, 0.05) is 18.5 Å². The van der Waals surface area contributed by atoms with Crippen LogP contribution in [0.2, 0.25) is 0 Å². The van der Waals surface area contributed by atoms with Crippen molar-refractivity contribution in [3.63, 3.8) is 0 Å². The predicted molar refractivity (Wildman–Crippen MR) is 38.8 cm³/mol. The Morgan fingerprint density at radius 3 is 3.18 bits per heavy atom. The summed E-state index contributed by atoms with van der Waals surface area (Å²) in [5.74, 6) is 0.0945. The maximum atomic E-state index is 11.0. The second kappa shape index (κ2) is 2.19. The fraction of sp³-hybridized carbons (Fsp3) is 0.500. The predicted octanol–water partition coefficient (Wildman–Crippen LogP) is -0.0278. The molecule has 1 amide bonds. The van der Waals surface area contributed by atoms with Crippen LogP contribution in [0.25, 0.3) is 0 Å². The Morgan fingerprint density at radius 1 is 1.64 bits per heavy atom. The number of hydrogen-bond acceptors (Lipinski definition) is 2. The van der Waals surface area contributed by atoms with Crippen LogP contribution in [0, 0.1) is 5.92 Å². The molecule has 58 valence electrons. The van der Waals surface area contributed by atoms with E-state index >= 15 is 0 Å². The quantitative estimate of drug-likeness (QED) is 0.493. The lowest BCUT2D eigenvalue weighted by molar-refractivity contribution is -0.125. The Bertz CT molecular complexity index is 234. The standard InChI is InChI=1S/C8H9NO2/c10-5-6-3-4-9-7(6)1-2-8(9)11/h1-2,5-7H,3-4H2. The highest BCUT2D eigenvalue weighted by Crippen LogP contribution is 2.27. The van der Waals surface area contributed by atoms with Gasteiger partial charge in [0.25, 0.3) is 0 Å². The van der Waals surface area contributed by atoms with Gasteiger partial charge in [0.05, 0.1) is 6.04 Å². The van der Waals surface area contributed by atoms with Gasteiger partial charge in [-0.15, -0.1) is 0 Å². The maximum absolute atomic E-state index is 11.0. The molecule has 1 saturated heterocycles. The Hall–Kier alpha value is -1.12. The van der Waals surface area contributed by atoms with Crippen LogP contribution in [0.5, 0.6) is 0 Å². The first kappa shape index (κ1) is 6.58. The van der Waals surface area contributed by atoms with Crippen LogP contribution in [0.15, 0.2) is 12.2 Å². The first-order chi connectivity index (χ1) is 5.33. The van der Waals surface area contributed by atoms with E-state index in [1.807, 2.05) is 6.08 Å². The van der Waals surface area contributed by atoms with Crippen molar-refractivity contribution in [3.8, 4) is 0 Å². The summed E-state index contributed by atoms with van der Waals surface area (Å²) in [7, 11) is 0. The zero-order valence-corrected chi connectivity index (χ0v) is 6.06. The Kier molecular flexibility index (Phi) is 1.31. The van der Waals surface area contributed by atoms with Crippen LogP contribution in [0.1, 0.15) is 6.42 Å². The summed E-state index contributed by atoms with van der Waals surface area (Å²) in [5, 5.41) is 0. The molecule has 0 aromatic carbocycles. The molecule has 3 nitrogen and oxygen atoms in total. The Balaban J connectivity index is 2.22. The average Bonchev–Trinajstić information content (AvgIpc) is 2.53. The van der Waals surface area contributed by atoms with Crippen molar-refractivity contribution in [2.24, 2.45) is 5.92 Å². The number of rotatable bonds is 1. The first-order valence-corrected chi connectivity index (χ1v) is 3.77. The summed E-state index contributed by atoms with van der Waals surface area (Å²) in [4.78, 5) is 23.3. The number of amides is 1. The van der Waals surface area contributed by atoms with Gasteiger partial charge in [0.15, 0.2) is 0 Å². The molecule has 0 saturated carbocycles. The van der Waals surface area contributed by atoms with Crippen molar-refractivity contribution in [2.45, 2.75) is 12.5 Å². The molecule has 1 fully saturated rings. The minimum absolute atomic E-state index is 0.0395. The third-order valence-electron chi connectivity index (χ3n) is 2.40. The normalized spacial score (nSPS) is 34.5. The molecule has 0 aromatic heterocycles. The van der Waals surface area contributed by atoms with Crippen molar-refractivity contribution in [2.75, 3.05) is 6.54 Å². The van der Waals surface area contributed by atoms with Crippen LogP contribution in [0.4, 0.5) is 0 Å². The molecule has 0 aliphatic carbocycles. The van der Waals surface area contributed by atoms with Gasteiger partial charge in [0.2, 0.25) is 5.91 Å². The number of aldehydes is 1. The fourth-order valence-corrected chi connectivity index (χ4v) is 1.77. The summed E-state index contributed by atoms with van der Waals surface area (Å²) in [6.07, 6.45) is 5.16. The third-order valence-corrected chi connectivity index (χ3v) is 2.40. The largest absolute Gasteiger partial charge is 0.332 e. The molecule has 0 radical (unpaired) electrons. The second-order valence-corrected chi connectivity index (χ2v) is 2.97. The molecule has 2 aliphatic rings. The summed E-state index contributed by atoms with van der Waals surface area (Å²) in [6, 6.07) is 0.0694. The molecular formula is C8H9NO2. The highest BCUT2D eigenvalue weighted by molar-refractivity contribution is 5.91. The van der Waals surface area contributed by atoms with E-state index in [0.717, 1.165) is 19.3 Å². The first-order valence-electron chi connectivity index (χ1n) is 3.77. The lowest BCUT2D eigenvalue weighted by Gasteiger charge is -2.15. The van der Waals surface area contributed by atoms with Crippen LogP contribution in [-0.2, 0) is 9.59 Å². The van der Waals surface area contributed by atoms with E-state index < -0.39 is 0 Å². The van der Waals surface area contributed by atoms with Gasteiger partial charge in [-0.05, 0) is 6.42 Å². The molecule has 0 aromatic rings. The SMILES string of the molecule is O=CC1CCN2C(=O)C=CC12. The minimum Gasteiger partial charge on any atom is -0.332 e. The number of carbonyl (C=O) groups excluding carboxylic acids is 2. The van der Waals surface area contributed by atoms with Crippen molar-refractivity contribution in [3.05, 3.63) is 12.2 Å². The molecule has 2 aliphatic heterocycles. The van der Waals surface area contributed by atoms with Gasteiger partial charge in [-0.2, -0.15) is 0 Å². The number of nitrogens with zero attached hydrogens (tertiary/aromatic N) is 1. The highest BCUT2D eigenvalue weighted by Gasteiger charge is 2.37. The topological polar surface area (TPSA) is 37.4 Å². The monoisotopic (exact) mass is 151 g/mol. The molecule has 3 heteroatoms. The molecule has 2 atom stereocenters. The summed E-state index contributed by atoms with van der Waals surface area (Å²) in [5.41, 5.74) is 0. The van der Waals surface area contributed by atoms with Crippen LogP contribution < -0.4 is 0 Å². The van der Waals surface area contributed by atoms with Gasteiger partial charge in [-0.3, -0.25) is 4.79 Å². The van der Waals surface area contributed by atoms with E-state index in [1.165, 1.54) is 0 Å². The zero-order chi connectivity index (χ0) is 7.84. The third kappa shape index (κ3) is 0.803. The highest BCUT2D eigenvalue weighted by atomic mass is 16.2. The molecule has 2 heterocycles. The van der Waals surface area contributed by atoms with Crippen molar-refractivity contribution in [1.29, 1.82) is 0 Å². The van der Waals surface area contributed by atoms with Gasteiger partial charge in [-0.1, -0.05) is 6.08 Å². The Labute approximate surface area is 64.7 Å². The van der Waals surface area contributed by atoms with Gasteiger partial charge < -0.3 is 9.69 Å². The Morgan fingerprint density at radius 2 is 2.45 bits per heavy atom. The molecule has 2 rings (SSSR count). The van der Waals surface area contributed by atoms with E-state index in [0.29, 0.717) is 0 Å². The summed E-state index contributed by atoms with van der Waals surface area (Å²) >= 11 is 0. The molecule has 0 bridgehead atoms. The smallest absolute Gasteiger partial charge is 0.246 e. The van der Waals surface area contributed by atoms with Crippen molar-refractivity contribution >= 4 is 12.2 Å². The van der Waals surface area contributed by atoms with Crippen LogP contribution in [0.3, 0.4) is 0 Å². The van der Waals surface area contributed by atoms with Crippen LogP contribution >= 0.6 is 0 Å². The van der Waals surface area contributed by atoms with E-state index in [-0.39, 0.29) is 17.9 Å². The molecule has 11 heavy (non-hydrogen) atoms. The van der Waals surface area contributed by atoms with Crippen molar-refractivity contribution in [1.82, 2.24) is 4.90 Å². The van der Waals surface area contributed by atoms with E-state index in [9.17, 15) is 9.59 Å². The average molecular weight is 151 g/mol. The van der Waals surface area contributed by atoms with E-state index in [2.05, 4.69) is 0 Å². The summed E-state index contributed by atoms with van der Waals surface area (Å²) < 4.78 is 0. The van der Waals surface area contributed by atoms with E-state index in [1.54, 1.807) is 11.0 Å². The lowest BCUT2D eigenvalue weighted by atomic mass is 10.0. The fourth-order valence-electron chi connectivity index (χ4n) is 1.77. The molecule has 0 spiro atoms. The lowest BCUT2D eigenvalue weighted by Crippen LogP contribution is -2.30. The van der Waals surface area contributed by atoms with Crippen molar-refractivity contribution < 1.29 is 9.59 Å². The summed E-state index contributed by atoms with van der Waals surface area (Å²) in [6.45, 7) is 0.736. The van der Waals surface area contributed by atoms with Crippen LogP contribution in [-0.4, -0.2) is 29.7 Å². The zero-order valence-electron chi connectivity index (χ0n) is 6.06.